The van der Waals surface area contributed by atoms with Gasteiger partial charge >= 0.3 is 6.03 Å². The molecule has 3 aliphatic rings. The fraction of sp³-hybridized carbons (Fsp3) is 0.895. The van der Waals surface area contributed by atoms with Gasteiger partial charge in [-0.1, -0.05) is 26.2 Å². The molecule has 2 aliphatic carbocycles. The van der Waals surface area contributed by atoms with Crippen molar-refractivity contribution < 1.29 is 9.59 Å². The van der Waals surface area contributed by atoms with Gasteiger partial charge in [-0.2, -0.15) is 0 Å². The lowest BCUT2D eigenvalue weighted by atomic mass is 9.74. The third-order valence-corrected chi connectivity index (χ3v) is 6.24. The highest BCUT2D eigenvalue weighted by atomic mass is 16.2. The van der Waals surface area contributed by atoms with Gasteiger partial charge in [0, 0.05) is 18.6 Å². The van der Waals surface area contributed by atoms with Crippen LogP contribution in [0.3, 0.4) is 0 Å². The Morgan fingerprint density at radius 2 is 1.79 bits per heavy atom. The van der Waals surface area contributed by atoms with E-state index in [2.05, 4.69) is 22.5 Å². The van der Waals surface area contributed by atoms with E-state index in [0.29, 0.717) is 12.0 Å². The number of hydrogen-bond donors (Lipinski definition) is 2. The van der Waals surface area contributed by atoms with Gasteiger partial charge in [-0.25, -0.2) is 4.79 Å². The molecule has 1 aliphatic heterocycles. The molecule has 2 saturated carbocycles. The van der Waals surface area contributed by atoms with E-state index in [9.17, 15) is 9.59 Å². The average molecular weight is 335 g/mol. The first kappa shape index (κ1) is 17.6. The Morgan fingerprint density at radius 1 is 1.00 bits per heavy atom. The van der Waals surface area contributed by atoms with Gasteiger partial charge < -0.3 is 15.5 Å². The molecule has 136 valence electrons. The number of nitrogens with one attached hydrogen (secondary N) is 2. The van der Waals surface area contributed by atoms with E-state index >= 15 is 0 Å². The van der Waals surface area contributed by atoms with Crippen molar-refractivity contribution in [3.05, 3.63) is 0 Å². The molecule has 0 spiro atoms. The first-order chi connectivity index (χ1) is 11.6. The molecule has 0 bridgehead atoms. The van der Waals surface area contributed by atoms with Crippen molar-refractivity contribution in [3.63, 3.8) is 0 Å². The second-order valence-electron chi connectivity index (χ2n) is 8.14. The van der Waals surface area contributed by atoms with Gasteiger partial charge in [0.2, 0.25) is 5.91 Å². The van der Waals surface area contributed by atoms with Gasteiger partial charge in [-0.05, 0) is 56.8 Å². The molecule has 0 radical (unpaired) electrons. The van der Waals surface area contributed by atoms with Crippen molar-refractivity contribution in [3.8, 4) is 0 Å². The summed E-state index contributed by atoms with van der Waals surface area (Å²) in [7, 11) is 0. The number of carbonyl (C=O) groups excluding carboxylic acids is 2. The lowest BCUT2D eigenvalue weighted by molar-refractivity contribution is -0.136. The molecule has 5 nitrogen and oxygen atoms in total. The molecule has 1 saturated heterocycles. The molecule has 0 aromatic heterocycles. The fourth-order valence-corrected chi connectivity index (χ4v) is 4.94. The minimum absolute atomic E-state index is 0.0954. The Bertz CT molecular complexity index is 448. The summed E-state index contributed by atoms with van der Waals surface area (Å²) < 4.78 is 0. The zero-order valence-electron chi connectivity index (χ0n) is 15.1. The normalized spacial score (nSPS) is 31.2. The molecule has 3 amide bonds. The third-order valence-electron chi connectivity index (χ3n) is 6.24. The largest absolute Gasteiger partial charge is 0.338 e. The number of urea groups is 1. The smallest absolute Gasteiger partial charge is 0.315 e. The highest BCUT2D eigenvalue weighted by Crippen LogP contribution is 2.37. The molecule has 2 N–H and O–H groups in total. The van der Waals surface area contributed by atoms with Crippen molar-refractivity contribution in [1.82, 2.24) is 15.5 Å². The summed E-state index contributed by atoms with van der Waals surface area (Å²) in [6.45, 7) is 3.33. The minimum atomic E-state index is -0.180. The van der Waals surface area contributed by atoms with Crippen LogP contribution in [-0.2, 0) is 4.79 Å². The number of fused-ring (bicyclic) bond motifs is 1. The van der Waals surface area contributed by atoms with E-state index < -0.39 is 0 Å². The van der Waals surface area contributed by atoms with Gasteiger partial charge in [0.15, 0.2) is 0 Å². The maximum absolute atomic E-state index is 12.6. The van der Waals surface area contributed by atoms with E-state index in [1.807, 2.05) is 0 Å². The van der Waals surface area contributed by atoms with Crippen LogP contribution in [-0.4, -0.2) is 42.0 Å². The highest BCUT2D eigenvalue weighted by Gasteiger charge is 2.37. The number of nitrogens with zero attached hydrogens (tertiary/aromatic N) is 1. The summed E-state index contributed by atoms with van der Waals surface area (Å²) >= 11 is 0. The van der Waals surface area contributed by atoms with E-state index in [0.717, 1.165) is 38.1 Å². The van der Waals surface area contributed by atoms with Crippen LogP contribution >= 0.6 is 0 Å². The summed E-state index contributed by atoms with van der Waals surface area (Å²) in [4.78, 5) is 26.7. The molecule has 5 heteroatoms. The molecule has 24 heavy (non-hydrogen) atoms. The molecule has 3 unspecified atom stereocenters. The predicted molar refractivity (Wildman–Crippen MR) is 94.6 cm³/mol. The molecule has 3 atom stereocenters. The van der Waals surface area contributed by atoms with Crippen molar-refractivity contribution in [1.29, 1.82) is 0 Å². The summed E-state index contributed by atoms with van der Waals surface area (Å²) in [6.07, 6.45) is 11.8. The quantitative estimate of drug-likeness (QED) is 0.833. The van der Waals surface area contributed by atoms with Gasteiger partial charge in [0.05, 0.1) is 6.54 Å². The Labute approximate surface area is 145 Å². The highest BCUT2D eigenvalue weighted by molar-refractivity contribution is 5.84. The van der Waals surface area contributed by atoms with Gasteiger partial charge in [-0.15, -0.1) is 0 Å². The first-order valence-corrected chi connectivity index (χ1v) is 9.97. The first-order valence-electron chi connectivity index (χ1n) is 9.97. The van der Waals surface area contributed by atoms with Crippen LogP contribution in [0.5, 0.6) is 0 Å². The van der Waals surface area contributed by atoms with Crippen LogP contribution in [0, 0.1) is 11.8 Å². The zero-order chi connectivity index (χ0) is 16.9. The number of carbonyl (C=O) groups is 2. The number of amides is 3. The van der Waals surface area contributed by atoms with Crippen LogP contribution in [0.15, 0.2) is 0 Å². The molecule has 0 aromatic rings. The second-order valence-corrected chi connectivity index (χ2v) is 8.14. The van der Waals surface area contributed by atoms with E-state index in [1.165, 1.54) is 38.5 Å². The third kappa shape index (κ3) is 4.42. The fourth-order valence-electron chi connectivity index (χ4n) is 4.94. The molecule has 3 fully saturated rings. The van der Waals surface area contributed by atoms with Crippen LogP contribution in [0.4, 0.5) is 4.79 Å². The minimum Gasteiger partial charge on any atom is -0.338 e. The van der Waals surface area contributed by atoms with Gasteiger partial charge in [0.1, 0.15) is 0 Å². The van der Waals surface area contributed by atoms with Gasteiger partial charge in [-0.3, -0.25) is 4.79 Å². The second kappa shape index (κ2) is 8.21. The number of rotatable bonds is 3. The van der Waals surface area contributed by atoms with E-state index in [4.69, 9.17) is 0 Å². The summed E-state index contributed by atoms with van der Waals surface area (Å²) in [5, 5.41) is 5.81. The average Bonchev–Trinajstić information content (AvgIpc) is 2.59. The van der Waals surface area contributed by atoms with Crippen molar-refractivity contribution in [2.45, 2.75) is 83.2 Å². The van der Waals surface area contributed by atoms with Crippen LogP contribution in [0.25, 0.3) is 0 Å². The topological polar surface area (TPSA) is 61.4 Å². The van der Waals surface area contributed by atoms with Crippen molar-refractivity contribution >= 4 is 11.9 Å². The van der Waals surface area contributed by atoms with E-state index in [-0.39, 0.29) is 24.5 Å². The van der Waals surface area contributed by atoms with Crippen molar-refractivity contribution in [2.75, 3.05) is 13.1 Å². The Morgan fingerprint density at radius 3 is 2.58 bits per heavy atom. The van der Waals surface area contributed by atoms with Gasteiger partial charge in [0.25, 0.3) is 0 Å². The molecular formula is C19H33N3O2. The molecule has 3 rings (SSSR count). The lowest BCUT2D eigenvalue weighted by Gasteiger charge is -2.45. The van der Waals surface area contributed by atoms with Crippen LogP contribution < -0.4 is 10.6 Å². The monoisotopic (exact) mass is 335 g/mol. The summed E-state index contributed by atoms with van der Waals surface area (Å²) in [5.41, 5.74) is 0. The molecule has 1 heterocycles. The van der Waals surface area contributed by atoms with Crippen LogP contribution in [0.1, 0.15) is 71.1 Å². The van der Waals surface area contributed by atoms with E-state index in [1.54, 1.807) is 0 Å². The molecule has 0 aromatic carbocycles. The molecular weight excluding hydrogens is 302 g/mol. The maximum atomic E-state index is 12.6. The SMILES string of the molecule is CC1CCC2C(CCCN2C(=O)CNC(=O)NC2CCCCC2)C1. The standard InChI is InChI=1S/C19H33N3O2/c1-14-9-10-17-15(12-14)6-5-11-22(17)18(23)13-20-19(24)21-16-7-3-2-4-8-16/h14-17H,2-13H2,1H3,(H2,20,21,24). The Hall–Kier alpha value is -1.26. The van der Waals surface area contributed by atoms with Crippen molar-refractivity contribution in [2.24, 2.45) is 11.8 Å². The maximum Gasteiger partial charge on any atom is 0.315 e. The Kier molecular flexibility index (Phi) is 6.01. The summed E-state index contributed by atoms with van der Waals surface area (Å²) in [5.74, 6) is 1.56. The predicted octanol–water partition coefficient (Wildman–Crippen LogP) is 3.05. The number of likely N-dealkylation sites (tertiary alicyclic amines) is 1. The van der Waals surface area contributed by atoms with Crippen LogP contribution in [0.2, 0.25) is 0 Å². The summed E-state index contributed by atoms with van der Waals surface area (Å²) in [6, 6.07) is 0.514. The Balaban J connectivity index is 1.44. The zero-order valence-corrected chi connectivity index (χ0v) is 15.1. The number of piperidine rings is 1. The lowest BCUT2D eigenvalue weighted by Crippen LogP contribution is -2.54. The number of hydrogen-bond acceptors (Lipinski definition) is 2.